The normalized spacial score (nSPS) is 16.7. The summed E-state index contributed by atoms with van der Waals surface area (Å²) in [5.74, 6) is 0.109. The Labute approximate surface area is 154 Å². The minimum Gasteiger partial charge on any atom is -0.492 e. The second kappa shape index (κ2) is 7.60. The molecule has 2 aromatic rings. The van der Waals surface area contributed by atoms with Crippen LogP contribution in [0, 0.1) is 19.8 Å². The third-order valence-electron chi connectivity index (χ3n) is 4.60. The summed E-state index contributed by atoms with van der Waals surface area (Å²) in [4.78, 5) is 26.9. The summed E-state index contributed by atoms with van der Waals surface area (Å²) >= 11 is 0. The molecule has 1 fully saturated rings. The number of carbonyl (C=O) groups excluding carboxylic acids is 2. The monoisotopic (exact) mass is 352 g/mol. The van der Waals surface area contributed by atoms with Crippen LogP contribution in [-0.4, -0.2) is 25.0 Å². The Bertz CT molecular complexity index is 832. The second-order valence-corrected chi connectivity index (χ2v) is 6.61. The van der Waals surface area contributed by atoms with Crippen LogP contribution in [0.1, 0.15) is 24.5 Å². The van der Waals surface area contributed by atoms with Crippen LogP contribution < -0.4 is 15.0 Å². The number of ether oxygens (including phenoxy) is 1. The van der Waals surface area contributed by atoms with Crippen LogP contribution in [0.5, 0.6) is 5.75 Å². The van der Waals surface area contributed by atoms with Crippen LogP contribution in [0.2, 0.25) is 0 Å². The van der Waals surface area contributed by atoms with Gasteiger partial charge >= 0.3 is 0 Å². The topological polar surface area (TPSA) is 58.6 Å². The van der Waals surface area contributed by atoms with E-state index in [0.717, 1.165) is 22.5 Å². The highest BCUT2D eigenvalue weighted by molar-refractivity contribution is 6.04. The Kier molecular flexibility index (Phi) is 5.26. The van der Waals surface area contributed by atoms with Gasteiger partial charge in [-0.3, -0.25) is 9.59 Å². The van der Waals surface area contributed by atoms with Gasteiger partial charge in [0.1, 0.15) is 5.75 Å². The number of para-hydroxylation sites is 2. The maximum atomic E-state index is 12.7. The standard InChI is InChI=1S/C21H24N2O3/c1-4-26-19-8-6-5-7-18(19)23-13-16(12-20(23)24)21(25)22-17-11-14(2)9-10-15(17)3/h5-11,16H,4,12-13H2,1-3H3,(H,22,25). The first kappa shape index (κ1) is 18.0. The Balaban J connectivity index is 1.75. The highest BCUT2D eigenvalue weighted by atomic mass is 16.5. The zero-order chi connectivity index (χ0) is 18.7. The van der Waals surface area contributed by atoms with Crippen LogP contribution in [0.3, 0.4) is 0 Å². The van der Waals surface area contributed by atoms with Gasteiger partial charge in [0.15, 0.2) is 0 Å². The van der Waals surface area contributed by atoms with Crippen molar-refractivity contribution < 1.29 is 14.3 Å². The number of hydrogen-bond acceptors (Lipinski definition) is 3. The van der Waals surface area contributed by atoms with Gasteiger partial charge in [0, 0.05) is 18.7 Å². The number of aryl methyl sites for hydroxylation is 2. The lowest BCUT2D eigenvalue weighted by Gasteiger charge is -2.20. The van der Waals surface area contributed by atoms with Crippen molar-refractivity contribution in [2.24, 2.45) is 5.92 Å². The molecule has 1 N–H and O–H groups in total. The molecule has 0 radical (unpaired) electrons. The number of amides is 2. The van der Waals surface area contributed by atoms with Crippen molar-refractivity contribution >= 4 is 23.2 Å². The van der Waals surface area contributed by atoms with Gasteiger partial charge in [-0.05, 0) is 50.1 Å². The number of nitrogens with one attached hydrogen (secondary N) is 1. The molecule has 2 amide bonds. The molecule has 2 aromatic carbocycles. The number of benzene rings is 2. The second-order valence-electron chi connectivity index (χ2n) is 6.61. The predicted octanol–water partition coefficient (Wildman–Crippen LogP) is 3.69. The largest absolute Gasteiger partial charge is 0.492 e. The van der Waals surface area contributed by atoms with Gasteiger partial charge in [0.05, 0.1) is 18.2 Å². The lowest BCUT2D eigenvalue weighted by molar-refractivity contribution is -0.122. The minimum atomic E-state index is -0.378. The molecule has 1 unspecified atom stereocenters. The molecule has 0 aromatic heterocycles. The van der Waals surface area contributed by atoms with E-state index >= 15 is 0 Å². The molecule has 1 aliphatic rings. The Morgan fingerprint density at radius 2 is 2.00 bits per heavy atom. The van der Waals surface area contributed by atoms with Crippen LogP contribution in [0.25, 0.3) is 0 Å². The maximum Gasteiger partial charge on any atom is 0.229 e. The van der Waals surface area contributed by atoms with E-state index in [-0.39, 0.29) is 24.2 Å². The lowest BCUT2D eigenvalue weighted by Crippen LogP contribution is -2.28. The number of carbonyl (C=O) groups is 2. The van der Waals surface area contributed by atoms with E-state index in [0.29, 0.717) is 18.9 Å². The van der Waals surface area contributed by atoms with E-state index in [1.165, 1.54) is 0 Å². The van der Waals surface area contributed by atoms with Gasteiger partial charge in [-0.2, -0.15) is 0 Å². The van der Waals surface area contributed by atoms with E-state index in [1.807, 2.05) is 63.2 Å². The van der Waals surface area contributed by atoms with Crippen molar-refractivity contribution in [1.82, 2.24) is 0 Å². The smallest absolute Gasteiger partial charge is 0.229 e. The third kappa shape index (κ3) is 3.72. The van der Waals surface area contributed by atoms with Crippen LogP contribution in [0.4, 0.5) is 11.4 Å². The molecule has 5 heteroatoms. The molecule has 136 valence electrons. The molecular formula is C21H24N2O3. The number of anilines is 2. The van der Waals surface area contributed by atoms with Gasteiger partial charge < -0.3 is 15.0 Å². The van der Waals surface area contributed by atoms with Crippen molar-refractivity contribution in [2.45, 2.75) is 27.2 Å². The Hall–Kier alpha value is -2.82. The van der Waals surface area contributed by atoms with Gasteiger partial charge in [-0.15, -0.1) is 0 Å². The Morgan fingerprint density at radius 1 is 1.23 bits per heavy atom. The van der Waals surface area contributed by atoms with Crippen molar-refractivity contribution in [3.63, 3.8) is 0 Å². The maximum absolute atomic E-state index is 12.7. The molecule has 26 heavy (non-hydrogen) atoms. The highest BCUT2D eigenvalue weighted by Crippen LogP contribution is 2.33. The van der Waals surface area contributed by atoms with Gasteiger partial charge in [0.25, 0.3) is 0 Å². The quantitative estimate of drug-likeness (QED) is 0.893. The zero-order valence-corrected chi connectivity index (χ0v) is 15.4. The fraction of sp³-hybridized carbons (Fsp3) is 0.333. The predicted molar refractivity (Wildman–Crippen MR) is 103 cm³/mol. The average molecular weight is 352 g/mol. The number of hydrogen-bond donors (Lipinski definition) is 1. The van der Waals surface area contributed by atoms with E-state index in [4.69, 9.17) is 4.74 Å². The summed E-state index contributed by atoms with van der Waals surface area (Å²) in [6.07, 6.45) is 0.206. The molecular weight excluding hydrogens is 328 g/mol. The summed E-state index contributed by atoms with van der Waals surface area (Å²) in [5, 5.41) is 2.98. The van der Waals surface area contributed by atoms with E-state index in [2.05, 4.69) is 5.32 Å². The molecule has 3 rings (SSSR count). The van der Waals surface area contributed by atoms with E-state index in [9.17, 15) is 9.59 Å². The van der Waals surface area contributed by atoms with Crippen molar-refractivity contribution in [3.8, 4) is 5.75 Å². The average Bonchev–Trinajstić information content (AvgIpc) is 3.01. The van der Waals surface area contributed by atoms with Gasteiger partial charge in [-0.1, -0.05) is 24.3 Å². The van der Waals surface area contributed by atoms with Crippen LogP contribution in [-0.2, 0) is 9.59 Å². The summed E-state index contributed by atoms with van der Waals surface area (Å²) < 4.78 is 5.62. The minimum absolute atomic E-state index is 0.0572. The molecule has 1 atom stereocenters. The molecule has 5 nitrogen and oxygen atoms in total. The molecule has 1 saturated heterocycles. The first-order chi connectivity index (χ1) is 12.5. The summed E-state index contributed by atoms with van der Waals surface area (Å²) in [7, 11) is 0. The van der Waals surface area contributed by atoms with Gasteiger partial charge in [-0.25, -0.2) is 0 Å². The highest BCUT2D eigenvalue weighted by Gasteiger charge is 2.36. The lowest BCUT2D eigenvalue weighted by atomic mass is 10.1. The zero-order valence-electron chi connectivity index (χ0n) is 15.4. The van der Waals surface area contributed by atoms with Crippen LogP contribution in [0.15, 0.2) is 42.5 Å². The Morgan fingerprint density at radius 3 is 2.77 bits per heavy atom. The van der Waals surface area contributed by atoms with Crippen LogP contribution >= 0.6 is 0 Å². The fourth-order valence-electron chi connectivity index (χ4n) is 3.18. The van der Waals surface area contributed by atoms with Crippen molar-refractivity contribution in [1.29, 1.82) is 0 Å². The number of nitrogens with zero attached hydrogens (tertiary/aromatic N) is 1. The summed E-state index contributed by atoms with van der Waals surface area (Å²) in [5.41, 5.74) is 3.62. The fourth-order valence-corrected chi connectivity index (χ4v) is 3.18. The third-order valence-corrected chi connectivity index (χ3v) is 4.60. The van der Waals surface area contributed by atoms with Crippen molar-refractivity contribution in [3.05, 3.63) is 53.6 Å². The van der Waals surface area contributed by atoms with E-state index in [1.54, 1.807) is 4.90 Å². The summed E-state index contributed by atoms with van der Waals surface area (Å²) in [6.45, 7) is 6.73. The van der Waals surface area contributed by atoms with Crippen molar-refractivity contribution in [2.75, 3.05) is 23.4 Å². The molecule has 0 saturated carbocycles. The number of rotatable bonds is 5. The SMILES string of the molecule is CCOc1ccccc1N1CC(C(=O)Nc2cc(C)ccc2C)CC1=O. The molecule has 0 bridgehead atoms. The molecule has 0 aliphatic carbocycles. The first-order valence-corrected chi connectivity index (χ1v) is 8.90. The molecule has 1 heterocycles. The van der Waals surface area contributed by atoms with E-state index < -0.39 is 0 Å². The molecule has 1 aliphatic heterocycles. The first-order valence-electron chi connectivity index (χ1n) is 8.90. The molecule has 0 spiro atoms. The summed E-state index contributed by atoms with van der Waals surface area (Å²) in [6, 6.07) is 13.4. The van der Waals surface area contributed by atoms with Gasteiger partial charge in [0.2, 0.25) is 11.8 Å².